The van der Waals surface area contributed by atoms with Gasteiger partial charge in [0.2, 0.25) is 5.65 Å². The van der Waals surface area contributed by atoms with E-state index in [1.54, 1.807) is 42.8 Å². The lowest BCUT2D eigenvalue weighted by molar-refractivity contribution is 0.0944. The van der Waals surface area contributed by atoms with Crippen molar-refractivity contribution in [1.29, 1.82) is 0 Å². The Morgan fingerprint density at radius 3 is 2.59 bits per heavy atom. The summed E-state index contributed by atoms with van der Waals surface area (Å²) in [4.78, 5) is 25.6. The molecule has 0 atom stereocenters. The highest BCUT2D eigenvalue weighted by Gasteiger charge is 2.21. The summed E-state index contributed by atoms with van der Waals surface area (Å²) in [7, 11) is 0. The van der Waals surface area contributed by atoms with Gasteiger partial charge in [0.25, 0.3) is 11.8 Å². The van der Waals surface area contributed by atoms with Crippen molar-refractivity contribution >= 4 is 23.2 Å². The summed E-state index contributed by atoms with van der Waals surface area (Å²) >= 11 is 5.78. The molecular formula is C22H18ClF2N5O2. The summed E-state index contributed by atoms with van der Waals surface area (Å²) in [5.41, 5.74) is 2.12. The Balaban J connectivity index is 1.61. The number of carbonyl (C=O) groups is 1. The number of nitrogens with one attached hydrogen (secondary N) is 1. The summed E-state index contributed by atoms with van der Waals surface area (Å²) in [6.07, 6.45) is 3.22. The fourth-order valence-electron chi connectivity index (χ4n) is 3.21. The van der Waals surface area contributed by atoms with Crippen molar-refractivity contribution in [3.63, 3.8) is 0 Å². The molecule has 3 heterocycles. The van der Waals surface area contributed by atoms with E-state index >= 15 is 0 Å². The zero-order valence-corrected chi connectivity index (χ0v) is 18.0. The summed E-state index contributed by atoms with van der Waals surface area (Å²) in [6, 6.07) is 6.98. The molecule has 0 radical (unpaired) electrons. The molecular weight excluding hydrogens is 440 g/mol. The molecule has 1 N–H and O–H groups in total. The Bertz CT molecular complexity index is 1290. The van der Waals surface area contributed by atoms with E-state index in [1.807, 2.05) is 0 Å². The minimum Gasteiger partial charge on any atom is -0.470 e. The molecule has 4 aromatic rings. The van der Waals surface area contributed by atoms with Gasteiger partial charge in [-0.25, -0.2) is 23.7 Å². The number of hydrogen-bond acceptors (Lipinski definition) is 5. The number of carbonyl (C=O) groups excluding carboxylic acids is 1. The minimum absolute atomic E-state index is 0.0664. The number of ether oxygens (including phenoxy) is 1. The number of imidazole rings is 1. The van der Waals surface area contributed by atoms with E-state index < -0.39 is 11.6 Å². The number of fused-ring (bicyclic) bond motifs is 1. The maximum absolute atomic E-state index is 13.9. The molecule has 0 unspecified atom stereocenters. The van der Waals surface area contributed by atoms with Crippen molar-refractivity contribution in [2.24, 2.45) is 0 Å². The predicted molar refractivity (Wildman–Crippen MR) is 114 cm³/mol. The van der Waals surface area contributed by atoms with Crippen molar-refractivity contribution in [3.8, 4) is 5.88 Å². The number of halogens is 3. The summed E-state index contributed by atoms with van der Waals surface area (Å²) in [6.45, 7) is 3.27. The normalized spacial score (nSPS) is 11.0. The van der Waals surface area contributed by atoms with E-state index in [1.165, 1.54) is 6.07 Å². The average Bonchev–Trinajstić information content (AvgIpc) is 3.08. The quantitative estimate of drug-likeness (QED) is 0.439. The van der Waals surface area contributed by atoms with Gasteiger partial charge >= 0.3 is 0 Å². The molecule has 3 aromatic heterocycles. The van der Waals surface area contributed by atoms with Gasteiger partial charge in [0, 0.05) is 18.9 Å². The molecule has 0 fully saturated rings. The Morgan fingerprint density at radius 1 is 1.16 bits per heavy atom. The maximum atomic E-state index is 13.9. The maximum Gasteiger partial charge on any atom is 0.270 e. The van der Waals surface area contributed by atoms with Gasteiger partial charge in [-0.05, 0) is 37.6 Å². The lowest BCUT2D eigenvalue weighted by Gasteiger charge is -2.10. The largest absolute Gasteiger partial charge is 0.470 e. The summed E-state index contributed by atoms with van der Waals surface area (Å²) in [5.74, 6) is -1.73. The van der Waals surface area contributed by atoms with Crippen LogP contribution in [0.3, 0.4) is 0 Å². The topological polar surface area (TPSA) is 81.4 Å². The zero-order valence-electron chi connectivity index (χ0n) is 17.2. The van der Waals surface area contributed by atoms with Crippen LogP contribution < -0.4 is 10.1 Å². The molecule has 7 nitrogen and oxygen atoms in total. The fourth-order valence-corrected chi connectivity index (χ4v) is 3.32. The molecule has 32 heavy (non-hydrogen) atoms. The molecule has 1 amide bonds. The second-order valence-electron chi connectivity index (χ2n) is 7.09. The first kappa shape index (κ1) is 21.6. The van der Waals surface area contributed by atoms with Crippen LogP contribution in [0.4, 0.5) is 8.78 Å². The molecule has 4 rings (SSSR count). The first-order valence-corrected chi connectivity index (χ1v) is 10.0. The standard InChI is InChI=1S/C22H18ClF2N5O2/c1-12-10-30-19(21(31)27-9-14-6-7-18(23)26-8-14)13(2)29-20(30)22(28-12)32-11-15-16(24)4-3-5-17(15)25/h3-8,10H,9,11H2,1-2H3,(H,27,31). The highest BCUT2D eigenvalue weighted by Crippen LogP contribution is 2.23. The molecule has 0 aliphatic rings. The Kier molecular flexibility index (Phi) is 6.00. The van der Waals surface area contributed by atoms with Crippen molar-refractivity contribution < 1.29 is 18.3 Å². The van der Waals surface area contributed by atoms with Crippen LogP contribution in [-0.4, -0.2) is 25.3 Å². The Labute approximate surface area is 187 Å². The zero-order chi connectivity index (χ0) is 22.8. The van der Waals surface area contributed by atoms with Crippen molar-refractivity contribution in [2.75, 3.05) is 0 Å². The first-order valence-electron chi connectivity index (χ1n) is 9.64. The SMILES string of the molecule is Cc1cn2c(C(=O)NCc3ccc(Cl)nc3)c(C)nc2c(OCc2c(F)cccc2F)n1. The number of amides is 1. The van der Waals surface area contributed by atoms with Crippen LogP contribution in [0.1, 0.15) is 33.0 Å². The number of aromatic nitrogens is 4. The number of nitrogens with zero attached hydrogens (tertiary/aromatic N) is 4. The molecule has 0 bridgehead atoms. The molecule has 164 valence electrons. The lowest BCUT2D eigenvalue weighted by atomic mass is 10.2. The molecule has 0 aliphatic carbocycles. The minimum atomic E-state index is -0.718. The van der Waals surface area contributed by atoms with Crippen LogP contribution in [0.25, 0.3) is 5.65 Å². The van der Waals surface area contributed by atoms with E-state index in [2.05, 4.69) is 20.3 Å². The van der Waals surface area contributed by atoms with Gasteiger partial charge in [-0.3, -0.25) is 9.20 Å². The fraction of sp³-hybridized carbons (Fsp3) is 0.182. The van der Waals surface area contributed by atoms with Crippen molar-refractivity contribution in [2.45, 2.75) is 27.0 Å². The molecule has 1 aromatic carbocycles. The van der Waals surface area contributed by atoms with Crippen LogP contribution >= 0.6 is 11.6 Å². The first-order chi connectivity index (χ1) is 15.3. The van der Waals surface area contributed by atoms with Gasteiger partial charge in [-0.15, -0.1) is 0 Å². The summed E-state index contributed by atoms with van der Waals surface area (Å²) in [5, 5.41) is 3.19. The number of benzene rings is 1. The predicted octanol–water partition coefficient (Wildman–Crippen LogP) is 4.18. The van der Waals surface area contributed by atoms with Crippen LogP contribution in [0.5, 0.6) is 5.88 Å². The van der Waals surface area contributed by atoms with E-state index in [-0.39, 0.29) is 36.1 Å². The second kappa shape index (κ2) is 8.88. The van der Waals surface area contributed by atoms with Gasteiger partial charge < -0.3 is 10.1 Å². The number of pyridine rings is 1. The van der Waals surface area contributed by atoms with Gasteiger partial charge in [0.05, 0.1) is 17.0 Å². The second-order valence-corrected chi connectivity index (χ2v) is 7.47. The van der Waals surface area contributed by atoms with Crippen molar-refractivity contribution in [1.82, 2.24) is 24.7 Å². The van der Waals surface area contributed by atoms with Crippen molar-refractivity contribution in [3.05, 3.63) is 87.7 Å². The van der Waals surface area contributed by atoms with Gasteiger partial charge in [-0.2, -0.15) is 0 Å². The molecule has 0 saturated carbocycles. The van der Waals surface area contributed by atoms with E-state index in [0.717, 1.165) is 17.7 Å². The van der Waals surface area contributed by atoms with Crippen LogP contribution in [0.15, 0.2) is 42.7 Å². The summed E-state index contributed by atoms with van der Waals surface area (Å²) < 4.78 is 35.0. The van der Waals surface area contributed by atoms with Crippen LogP contribution in [0, 0.1) is 25.5 Å². The third kappa shape index (κ3) is 4.38. The monoisotopic (exact) mass is 457 g/mol. The van der Waals surface area contributed by atoms with Gasteiger partial charge in [0.15, 0.2) is 0 Å². The van der Waals surface area contributed by atoms with Gasteiger partial charge in [-0.1, -0.05) is 23.7 Å². The third-order valence-corrected chi connectivity index (χ3v) is 4.97. The number of rotatable bonds is 6. The van der Waals surface area contributed by atoms with E-state index in [4.69, 9.17) is 16.3 Å². The average molecular weight is 458 g/mol. The number of hydrogen-bond donors (Lipinski definition) is 1. The smallest absolute Gasteiger partial charge is 0.270 e. The van der Waals surface area contributed by atoms with Crippen LogP contribution in [-0.2, 0) is 13.2 Å². The molecule has 0 spiro atoms. The van der Waals surface area contributed by atoms with E-state index in [9.17, 15) is 13.6 Å². The number of aryl methyl sites for hydroxylation is 2. The Morgan fingerprint density at radius 2 is 1.91 bits per heavy atom. The van der Waals surface area contributed by atoms with Gasteiger partial charge in [0.1, 0.15) is 29.1 Å². The Hall–Kier alpha value is -3.59. The molecule has 0 saturated heterocycles. The third-order valence-electron chi connectivity index (χ3n) is 4.74. The van der Waals surface area contributed by atoms with Crippen LogP contribution in [0.2, 0.25) is 5.15 Å². The molecule has 10 heteroatoms. The highest BCUT2D eigenvalue weighted by atomic mass is 35.5. The lowest BCUT2D eigenvalue weighted by Crippen LogP contribution is -2.25. The highest BCUT2D eigenvalue weighted by molar-refractivity contribution is 6.29. The molecule has 0 aliphatic heterocycles. The van der Waals surface area contributed by atoms with E-state index in [0.29, 0.717) is 22.2 Å².